The van der Waals surface area contributed by atoms with Crippen LogP contribution >= 0.6 is 11.3 Å². The fourth-order valence-corrected chi connectivity index (χ4v) is 5.06. The lowest BCUT2D eigenvalue weighted by molar-refractivity contribution is 0.0556. The third-order valence-electron chi connectivity index (χ3n) is 5.58. The monoisotopic (exact) mass is 381 g/mol. The quantitative estimate of drug-likeness (QED) is 0.688. The SMILES string of the molecule is O=C1c2cccn2[C@@H]2CN(Cc3cccs3)C[C@@H]2N1Cc1ccc(F)cc1. The number of likely N-dealkylation sites (tertiary alicyclic amines) is 1. The van der Waals surface area contributed by atoms with Crippen molar-refractivity contribution in [3.8, 4) is 0 Å². The van der Waals surface area contributed by atoms with E-state index in [1.54, 1.807) is 23.5 Å². The summed E-state index contributed by atoms with van der Waals surface area (Å²) in [6, 6.07) is 14.9. The van der Waals surface area contributed by atoms with E-state index in [1.807, 2.05) is 23.2 Å². The van der Waals surface area contributed by atoms with Crippen LogP contribution in [-0.4, -0.2) is 39.4 Å². The second-order valence-corrected chi connectivity index (χ2v) is 8.30. The molecule has 2 atom stereocenters. The first kappa shape index (κ1) is 16.7. The number of hydrogen-bond donors (Lipinski definition) is 0. The zero-order chi connectivity index (χ0) is 18.4. The van der Waals surface area contributed by atoms with Gasteiger partial charge in [0.2, 0.25) is 0 Å². The van der Waals surface area contributed by atoms with Crippen molar-refractivity contribution < 1.29 is 9.18 Å². The van der Waals surface area contributed by atoms with Gasteiger partial charge in [0.15, 0.2) is 0 Å². The molecule has 3 aromatic rings. The van der Waals surface area contributed by atoms with Crippen LogP contribution in [0.3, 0.4) is 0 Å². The van der Waals surface area contributed by atoms with Gasteiger partial charge < -0.3 is 9.47 Å². The molecule has 2 aliphatic rings. The normalized spacial score (nSPS) is 22.1. The summed E-state index contributed by atoms with van der Waals surface area (Å²) in [5, 5.41) is 2.10. The molecule has 2 aliphatic heterocycles. The first-order chi connectivity index (χ1) is 13.2. The fraction of sp³-hybridized carbons (Fsp3) is 0.286. The molecule has 6 heteroatoms. The molecule has 0 aliphatic carbocycles. The number of carbonyl (C=O) groups is 1. The van der Waals surface area contributed by atoms with Gasteiger partial charge in [-0.25, -0.2) is 4.39 Å². The number of halogens is 1. The van der Waals surface area contributed by atoms with Gasteiger partial charge in [0.05, 0.1) is 12.1 Å². The van der Waals surface area contributed by atoms with Gasteiger partial charge in [-0.1, -0.05) is 18.2 Å². The zero-order valence-electron chi connectivity index (χ0n) is 14.8. The molecule has 4 heterocycles. The summed E-state index contributed by atoms with van der Waals surface area (Å²) in [7, 11) is 0. The number of benzene rings is 1. The van der Waals surface area contributed by atoms with Crippen molar-refractivity contribution in [3.05, 3.63) is 82.1 Å². The van der Waals surface area contributed by atoms with Gasteiger partial charge in [-0.15, -0.1) is 11.3 Å². The van der Waals surface area contributed by atoms with Crippen molar-refractivity contribution in [3.63, 3.8) is 0 Å². The molecular weight excluding hydrogens is 361 g/mol. The average molecular weight is 381 g/mol. The van der Waals surface area contributed by atoms with Crippen molar-refractivity contribution in [2.24, 2.45) is 0 Å². The molecule has 0 radical (unpaired) electrons. The van der Waals surface area contributed by atoms with E-state index in [1.165, 1.54) is 17.0 Å². The van der Waals surface area contributed by atoms with Crippen molar-refractivity contribution >= 4 is 17.2 Å². The highest BCUT2D eigenvalue weighted by Crippen LogP contribution is 2.35. The van der Waals surface area contributed by atoms with Crippen LogP contribution in [0.4, 0.5) is 4.39 Å². The van der Waals surface area contributed by atoms with Crippen LogP contribution in [-0.2, 0) is 13.1 Å². The first-order valence-corrected chi connectivity index (χ1v) is 10.0. The van der Waals surface area contributed by atoms with Crippen LogP contribution in [0, 0.1) is 5.82 Å². The lowest BCUT2D eigenvalue weighted by atomic mass is 10.0. The van der Waals surface area contributed by atoms with E-state index in [0.717, 1.165) is 30.9 Å². The molecule has 1 aromatic carbocycles. The minimum absolute atomic E-state index is 0.0588. The Hall–Kier alpha value is -2.44. The van der Waals surface area contributed by atoms with Crippen molar-refractivity contribution in [2.75, 3.05) is 13.1 Å². The summed E-state index contributed by atoms with van der Waals surface area (Å²) in [6.45, 7) is 3.21. The third-order valence-corrected chi connectivity index (χ3v) is 6.44. The van der Waals surface area contributed by atoms with Gasteiger partial charge in [-0.05, 0) is 41.3 Å². The smallest absolute Gasteiger partial charge is 0.271 e. The molecule has 0 saturated carbocycles. The molecule has 138 valence electrons. The largest absolute Gasteiger partial charge is 0.337 e. The lowest BCUT2D eigenvalue weighted by Gasteiger charge is -2.38. The maximum Gasteiger partial charge on any atom is 0.271 e. The third kappa shape index (κ3) is 2.99. The maximum atomic E-state index is 13.3. The van der Waals surface area contributed by atoms with Gasteiger partial charge in [-0.3, -0.25) is 9.69 Å². The molecule has 1 saturated heterocycles. The van der Waals surface area contributed by atoms with E-state index in [-0.39, 0.29) is 23.8 Å². The predicted molar refractivity (Wildman–Crippen MR) is 103 cm³/mol. The minimum Gasteiger partial charge on any atom is -0.337 e. The number of nitrogens with zero attached hydrogens (tertiary/aromatic N) is 3. The predicted octanol–water partition coefficient (Wildman–Crippen LogP) is 3.77. The van der Waals surface area contributed by atoms with Crippen molar-refractivity contribution in [1.82, 2.24) is 14.4 Å². The van der Waals surface area contributed by atoms with E-state index < -0.39 is 0 Å². The summed E-state index contributed by atoms with van der Waals surface area (Å²) < 4.78 is 15.4. The van der Waals surface area contributed by atoms with Gasteiger partial charge in [-0.2, -0.15) is 0 Å². The number of thiophene rings is 1. The second-order valence-electron chi connectivity index (χ2n) is 7.27. The molecule has 0 bridgehead atoms. The second kappa shape index (κ2) is 6.62. The highest BCUT2D eigenvalue weighted by molar-refractivity contribution is 7.09. The molecular formula is C21H20FN3OS. The summed E-state index contributed by atoms with van der Waals surface area (Å²) in [5.74, 6) is -0.193. The maximum absolute atomic E-state index is 13.3. The Morgan fingerprint density at radius 2 is 1.81 bits per heavy atom. The summed E-state index contributed by atoms with van der Waals surface area (Å²) in [6.07, 6.45) is 2.02. The summed E-state index contributed by atoms with van der Waals surface area (Å²) in [4.78, 5) is 18.9. The Morgan fingerprint density at radius 3 is 2.59 bits per heavy atom. The number of aromatic nitrogens is 1. The topological polar surface area (TPSA) is 28.5 Å². The van der Waals surface area contributed by atoms with Crippen LogP contribution < -0.4 is 0 Å². The Balaban J connectivity index is 1.44. The first-order valence-electron chi connectivity index (χ1n) is 9.16. The number of amides is 1. The molecule has 27 heavy (non-hydrogen) atoms. The molecule has 0 N–H and O–H groups in total. The highest BCUT2D eigenvalue weighted by atomic mass is 32.1. The van der Waals surface area contributed by atoms with E-state index in [4.69, 9.17) is 0 Å². The fourth-order valence-electron chi connectivity index (χ4n) is 4.32. The van der Waals surface area contributed by atoms with E-state index in [9.17, 15) is 9.18 Å². The van der Waals surface area contributed by atoms with Crippen molar-refractivity contribution in [2.45, 2.75) is 25.2 Å². The van der Waals surface area contributed by atoms with E-state index in [2.05, 4.69) is 27.0 Å². The minimum atomic E-state index is -0.251. The zero-order valence-corrected chi connectivity index (χ0v) is 15.6. The van der Waals surface area contributed by atoms with Gasteiger partial charge in [0.1, 0.15) is 11.5 Å². The molecule has 4 nitrogen and oxygen atoms in total. The summed E-state index contributed by atoms with van der Waals surface area (Å²) in [5.41, 5.74) is 1.71. The Morgan fingerprint density at radius 1 is 1.00 bits per heavy atom. The van der Waals surface area contributed by atoms with Gasteiger partial charge >= 0.3 is 0 Å². The van der Waals surface area contributed by atoms with E-state index in [0.29, 0.717) is 6.54 Å². The average Bonchev–Trinajstić information content (AvgIpc) is 3.40. The molecule has 0 spiro atoms. The van der Waals surface area contributed by atoms with Crippen LogP contribution in [0.5, 0.6) is 0 Å². The Kier molecular flexibility index (Phi) is 4.10. The molecule has 1 amide bonds. The molecule has 2 aromatic heterocycles. The lowest BCUT2D eigenvalue weighted by Crippen LogP contribution is -2.49. The van der Waals surface area contributed by atoms with E-state index >= 15 is 0 Å². The number of hydrogen-bond acceptors (Lipinski definition) is 3. The van der Waals surface area contributed by atoms with Gasteiger partial charge in [0, 0.05) is 37.3 Å². The van der Waals surface area contributed by atoms with Gasteiger partial charge in [0.25, 0.3) is 5.91 Å². The molecule has 0 unspecified atom stereocenters. The van der Waals surface area contributed by atoms with Crippen LogP contribution in [0.2, 0.25) is 0 Å². The van der Waals surface area contributed by atoms with Crippen LogP contribution in [0.1, 0.15) is 27.0 Å². The van der Waals surface area contributed by atoms with Crippen LogP contribution in [0.25, 0.3) is 0 Å². The molecule has 1 fully saturated rings. The Labute approximate surface area is 161 Å². The number of rotatable bonds is 4. The highest BCUT2D eigenvalue weighted by Gasteiger charge is 2.44. The Bertz CT molecular complexity index is 950. The number of carbonyl (C=O) groups excluding carboxylic acids is 1. The summed E-state index contributed by atoms with van der Waals surface area (Å²) >= 11 is 1.77. The standard InChI is InChI=1S/C21H20FN3OS/c22-16-7-5-15(6-8-16)11-25-20-14-23(12-17-3-2-10-27-17)13-19(20)24-9-1-4-18(24)21(25)26/h1-10,19-20H,11-14H2/t19-,20+/m1/s1. The van der Waals surface area contributed by atoms with Crippen LogP contribution in [0.15, 0.2) is 60.1 Å². The molecule has 5 rings (SSSR count). The van der Waals surface area contributed by atoms with Crippen molar-refractivity contribution in [1.29, 1.82) is 0 Å². The number of fused-ring (bicyclic) bond motifs is 3.